The van der Waals surface area contributed by atoms with Crippen molar-refractivity contribution in [2.24, 2.45) is 0 Å². The molecule has 1 N–H and O–H groups in total. The number of nitrogens with zero attached hydrogens (tertiary/aromatic N) is 3. The average molecular weight is 396 g/mol. The number of amides is 2. The van der Waals surface area contributed by atoms with Crippen LogP contribution in [0, 0.1) is 0 Å². The van der Waals surface area contributed by atoms with Crippen molar-refractivity contribution in [3.63, 3.8) is 0 Å². The average Bonchev–Trinajstić information content (AvgIpc) is 3.17. The molecule has 154 valence electrons. The molecule has 1 spiro atoms. The molecular formula is C22H28N4O3. The fourth-order valence-electron chi connectivity index (χ4n) is 4.29. The lowest BCUT2D eigenvalue weighted by molar-refractivity contribution is -0.150. The number of rotatable bonds is 3. The lowest BCUT2D eigenvalue weighted by Crippen LogP contribution is -2.54. The fourth-order valence-corrected chi connectivity index (χ4v) is 4.29. The minimum absolute atomic E-state index is 0.149. The van der Waals surface area contributed by atoms with Gasteiger partial charge in [0.25, 0.3) is 5.91 Å². The van der Waals surface area contributed by atoms with Crippen LogP contribution in [0.1, 0.15) is 48.4 Å². The molecule has 2 aliphatic rings. The Kier molecular flexibility index (Phi) is 4.94. The van der Waals surface area contributed by atoms with Crippen molar-refractivity contribution in [1.29, 1.82) is 0 Å². The number of likely N-dealkylation sites (tertiary alicyclic amines) is 1. The van der Waals surface area contributed by atoms with Crippen LogP contribution in [0.25, 0.3) is 0 Å². The number of fused-ring (bicyclic) bond motifs is 1. The molecule has 7 nitrogen and oxygen atoms in total. The van der Waals surface area contributed by atoms with E-state index in [0.717, 1.165) is 24.1 Å². The summed E-state index contributed by atoms with van der Waals surface area (Å²) in [7, 11) is 1.60. The lowest BCUT2D eigenvalue weighted by atomic mass is 9.81. The number of benzene rings is 1. The number of hydrogen-bond donors (Lipinski definition) is 1. The largest absolute Gasteiger partial charge is 0.367 e. The summed E-state index contributed by atoms with van der Waals surface area (Å²) in [4.78, 5) is 27.0. The van der Waals surface area contributed by atoms with Gasteiger partial charge >= 0.3 is 0 Å². The Morgan fingerprint density at radius 3 is 2.52 bits per heavy atom. The highest BCUT2D eigenvalue weighted by molar-refractivity contribution is 5.92. The summed E-state index contributed by atoms with van der Waals surface area (Å²) in [5, 5.41) is 7.06. The van der Waals surface area contributed by atoms with Crippen LogP contribution in [0.3, 0.4) is 0 Å². The summed E-state index contributed by atoms with van der Waals surface area (Å²) in [5.74, 6) is -0.0412. The summed E-state index contributed by atoms with van der Waals surface area (Å²) in [5.41, 5.74) is 1.48. The molecule has 0 aliphatic carbocycles. The van der Waals surface area contributed by atoms with E-state index in [9.17, 15) is 9.59 Å². The molecule has 7 heteroatoms. The van der Waals surface area contributed by atoms with Crippen LogP contribution in [-0.2, 0) is 28.1 Å². The molecule has 1 aromatic heterocycles. The molecule has 1 aromatic carbocycles. The fraction of sp³-hybridized carbons (Fsp3) is 0.500. The zero-order valence-electron chi connectivity index (χ0n) is 17.3. The maximum atomic E-state index is 13.2. The summed E-state index contributed by atoms with van der Waals surface area (Å²) < 4.78 is 8.12. The second kappa shape index (κ2) is 7.30. The Balaban J connectivity index is 1.44. The number of aromatic nitrogens is 2. The van der Waals surface area contributed by atoms with Gasteiger partial charge in [0.2, 0.25) is 5.91 Å². The lowest BCUT2D eigenvalue weighted by Gasteiger charge is -2.45. The van der Waals surface area contributed by atoms with Gasteiger partial charge in [0.1, 0.15) is 0 Å². The smallest absolute Gasteiger partial charge is 0.271 e. The van der Waals surface area contributed by atoms with E-state index in [1.165, 1.54) is 0 Å². The molecule has 2 aliphatic heterocycles. The number of carbonyl (C=O) groups is 2. The van der Waals surface area contributed by atoms with Gasteiger partial charge in [-0.1, -0.05) is 30.3 Å². The topological polar surface area (TPSA) is 76.5 Å². The van der Waals surface area contributed by atoms with Crippen LogP contribution in [0.2, 0.25) is 0 Å². The van der Waals surface area contributed by atoms with E-state index in [1.807, 2.05) is 53.8 Å². The highest BCUT2D eigenvalue weighted by atomic mass is 16.5. The van der Waals surface area contributed by atoms with Gasteiger partial charge in [0.15, 0.2) is 5.69 Å². The molecule has 0 saturated carbocycles. The van der Waals surface area contributed by atoms with Crippen molar-refractivity contribution in [3.8, 4) is 0 Å². The molecule has 29 heavy (non-hydrogen) atoms. The zero-order valence-corrected chi connectivity index (χ0v) is 17.3. The Bertz CT molecular complexity index is 911. The number of piperidine rings is 1. The first-order valence-electron chi connectivity index (χ1n) is 10.1. The van der Waals surface area contributed by atoms with Crippen molar-refractivity contribution in [3.05, 3.63) is 53.3 Å². The van der Waals surface area contributed by atoms with E-state index in [2.05, 4.69) is 10.4 Å². The van der Waals surface area contributed by atoms with Gasteiger partial charge < -0.3 is 15.0 Å². The number of hydrogen-bond acceptors (Lipinski definition) is 4. The molecule has 4 rings (SSSR count). The second-order valence-electron chi connectivity index (χ2n) is 8.51. The maximum Gasteiger partial charge on any atom is 0.271 e. The number of nitrogens with one attached hydrogen (secondary N) is 1. The predicted octanol–water partition coefficient (Wildman–Crippen LogP) is 2.11. The summed E-state index contributed by atoms with van der Waals surface area (Å²) in [6.07, 6.45) is 1.52. The number of ether oxygens (including phenoxy) is 1. The van der Waals surface area contributed by atoms with Gasteiger partial charge in [-0.25, -0.2) is 0 Å². The van der Waals surface area contributed by atoms with Gasteiger partial charge in [0, 0.05) is 20.1 Å². The molecule has 3 heterocycles. The van der Waals surface area contributed by atoms with Crippen LogP contribution in [0.4, 0.5) is 0 Å². The zero-order chi connectivity index (χ0) is 20.6. The van der Waals surface area contributed by atoms with Gasteiger partial charge in [-0.2, -0.15) is 5.10 Å². The Labute approximate surface area is 171 Å². The monoisotopic (exact) mass is 396 g/mol. The molecule has 0 unspecified atom stereocenters. The van der Waals surface area contributed by atoms with Crippen molar-refractivity contribution < 1.29 is 14.3 Å². The maximum absolute atomic E-state index is 13.2. The van der Waals surface area contributed by atoms with E-state index in [4.69, 9.17) is 4.74 Å². The molecule has 2 aromatic rings. The Morgan fingerprint density at radius 2 is 1.86 bits per heavy atom. The summed E-state index contributed by atoms with van der Waals surface area (Å²) in [6.45, 7) is 6.35. The molecular weight excluding hydrogens is 368 g/mol. The molecule has 0 bridgehead atoms. The van der Waals surface area contributed by atoms with Crippen LogP contribution >= 0.6 is 0 Å². The van der Waals surface area contributed by atoms with Crippen LogP contribution in [-0.4, -0.2) is 52.2 Å². The molecule has 2 amide bonds. The van der Waals surface area contributed by atoms with Crippen molar-refractivity contribution >= 4 is 11.8 Å². The van der Waals surface area contributed by atoms with E-state index in [-0.39, 0.29) is 17.4 Å². The summed E-state index contributed by atoms with van der Waals surface area (Å²) >= 11 is 0. The Hall–Kier alpha value is -2.67. The molecule has 0 atom stereocenters. The molecule has 0 radical (unpaired) electrons. The SMILES string of the molecule is CNC(=O)c1cc2n(n1)CC1(CCN(C(=O)C(C)(C)c3ccccc3)CC1)OC2. The minimum Gasteiger partial charge on any atom is -0.367 e. The third-order valence-electron chi connectivity index (χ3n) is 6.28. The van der Waals surface area contributed by atoms with E-state index in [1.54, 1.807) is 13.1 Å². The van der Waals surface area contributed by atoms with E-state index < -0.39 is 5.41 Å². The summed E-state index contributed by atoms with van der Waals surface area (Å²) in [6, 6.07) is 11.7. The van der Waals surface area contributed by atoms with Crippen LogP contribution < -0.4 is 5.32 Å². The molecule has 1 fully saturated rings. The second-order valence-corrected chi connectivity index (χ2v) is 8.51. The first-order chi connectivity index (χ1) is 13.8. The van der Waals surface area contributed by atoms with E-state index in [0.29, 0.717) is 31.9 Å². The highest BCUT2D eigenvalue weighted by Gasteiger charge is 2.43. The standard InChI is InChI=1S/C22H28N4O3/c1-21(2,16-7-5-4-6-8-16)20(28)25-11-9-22(10-12-25)15-26-17(14-29-22)13-18(24-26)19(27)23-3/h4-8,13H,9-12,14-15H2,1-3H3,(H,23,27). The van der Waals surface area contributed by atoms with E-state index >= 15 is 0 Å². The van der Waals surface area contributed by atoms with Gasteiger partial charge in [-0.15, -0.1) is 0 Å². The highest BCUT2D eigenvalue weighted by Crippen LogP contribution is 2.35. The number of carbonyl (C=O) groups excluding carboxylic acids is 2. The molecule has 1 saturated heterocycles. The van der Waals surface area contributed by atoms with Crippen molar-refractivity contribution in [1.82, 2.24) is 20.0 Å². The quantitative estimate of drug-likeness (QED) is 0.862. The third kappa shape index (κ3) is 3.55. The van der Waals surface area contributed by atoms with Crippen LogP contribution in [0.15, 0.2) is 36.4 Å². The third-order valence-corrected chi connectivity index (χ3v) is 6.28. The first kappa shape index (κ1) is 19.6. The van der Waals surface area contributed by atoms with Crippen molar-refractivity contribution in [2.75, 3.05) is 20.1 Å². The minimum atomic E-state index is -0.559. The normalized spacial score (nSPS) is 18.4. The van der Waals surface area contributed by atoms with Gasteiger partial charge in [-0.05, 0) is 38.3 Å². The van der Waals surface area contributed by atoms with Gasteiger partial charge in [-0.3, -0.25) is 14.3 Å². The van der Waals surface area contributed by atoms with Gasteiger partial charge in [0.05, 0.1) is 29.9 Å². The Morgan fingerprint density at radius 1 is 1.17 bits per heavy atom. The van der Waals surface area contributed by atoms with Crippen molar-refractivity contribution in [2.45, 2.75) is 50.9 Å². The van der Waals surface area contributed by atoms with Crippen LogP contribution in [0.5, 0.6) is 0 Å². The predicted molar refractivity (Wildman–Crippen MR) is 108 cm³/mol. The first-order valence-corrected chi connectivity index (χ1v) is 10.1.